The average Bonchev–Trinajstić information content (AvgIpc) is 3.03. The van der Waals surface area contributed by atoms with Crippen molar-refractivity contribution in [2.75, 3.05) is 19.6 Å². The van der Waals surface area contributed by atoms with E-state index in [1.165, 1.54) is 19.3 Å². The summed E-state index contributed by atoms with van der Waals surface area (Å²) in [6.45, 7) is 7.70. The third-order valence-electron chi connectivity index (χ3n) is 5.46. The number of carboxylic acids is 1. The molecule has 3 atom stereocenters. The lowest BCUT2D eigenvalue weighted by Gasteiger charge is -2.28. The monoisotopic (exact) mass is 296 g/mol. The Balaban J connectivity index is 1.85. The Kier molecular flexibility index (Phi) is 4.79. The lowest BCUT2D eigenvalue weighted by molar-refractivity contribution is -0.150. The first kappa shape index (κ1) is 16.1. The third kappa shape index (κ3) is 3.33. The fraction of sp³-hybridized carbons (Fsp3) is 0.875. The van der Waals surface area contributed by atoms with E-state index in [4.69, 9.17) is 0 Å². The van der Waals surface area contributed by atoms with Gasteiger partial charge in [0.1, 0.15) is 0 Å². The van der Waals surface area contributed by atoms with Crippen LogP contribution in [0.2, 0.25) is 0 Å². The molecule has 2 aliphatic rings. The van der Waals surface area contributed by atoms with Crippen molar-refractivity contribution in [2.24, 2.45) is 23.2 Å². The second kappa shape index (κ2) is 6.24. The molecule has 3 unspecified atom stereocenters. The number of amides is 2. The maximum absolute atomic E-state index is 12.2. The van der Waals surface area contributed by atoms with E-state index in [1.807, 2.05) is 13.8 Å². The molecule has 0 radical (unpaired) electrons. The van der Waals surface area contributed by atoms with Gasteiger partial charge < -0.3 is 15.3 Å². The van der Waals surface area contributed by atoms with Gasteiger partial charge in [0.05, 0.1) is 5.41 Å². The Labute approximate surface area is 127 Å². The fourth-order valence-corrected chi connectivity index (χ4v) is 3.75. The smallest absolute Gasteiger partial charge is 0.317 e. The fourth-order valence-electron chi connectivity index (χ4n) is 3.75. The van der Waals surface area contributed by atoms with Crippen molar-refractivity contribution in [3.05, 3.63) is 0 Å². The highest BCUT2D eigenvalue weighted by Crippen LogP contribution is 2.38. The van der Waals surface area contributed by atoms with Crippen molar-refractivity contribution >= 4 is 12.0 Å². The van der Waals surface area contributed by atoms with Gasteiger partial charge in [-0.1, -0.05) is 27.2 Å². The maximum atomic E-state index is 12.2. The third-order valence-corrected chi connectivity index (χ3v) is 5.46. The quantitative estimate of drug-likeness (QED) is 0.837. The maximum Gasteiger partial charge on any atom is 0.317 e. The van der Waals surface area contributed by atoms with Gasteiger partial charge in [-0.15, -0.1) is 0 Å². The highest BCUT2D eigenvalue weighted by molar-refractivity contribution is 5.80. The zero-order valence-electron chi connectivity index (χ0n) is 13.4. The topological polar surface area (TPSA) is 69.6 Å². The lowest BCUT2D eigenvalue weighted by Crippen LogP contribution is -2.44. The minimum atomic E-state index is -0.780. The van der Waals surface area contributed by atoms with Crippen LogP contribution < -0.4 is 5.32 Å². The van der Waals surface area contributed by atoms with E-state index in [1.54, 1.807) is 4.90 Å². The van der Waals surface area contributed by atoms with Crippen molar-refractivity contribution in [2.45, 2.75) is 46.5 Å². The Morgan fingerprint density at radius 3 is 2.57 bits per heavy atom. The lowest BCUT2D eigenvalue weighted by atomic mass is 9.76. The van der Waals surface area contributed by atoms with Gasteiger partial charge in [-0.25, -0.2) is 4.79 Å². The summed E-state index contributed by atoms with van der Waals surface area (Å²) in [6, 6.07) is -0.0988. The van der Waals surface area contributed by atoms with E-state index < -0.39 is 11.4 Å². The Hall–Kier alpha value is -1.26. The van der Waals surface area contributed by atoms with Crippen molar-refractivity contribution in [1.29, 1.82) is 0 Å². The van der Waals surface area contributed by atoms with Gasteiger partial charge in [0.2, 0.25) is 0 Å². The van der Waals surface area contributed by atoms with E-state index >= 15 is 0 Å². The first-order valence-corrected chi connectivity index (χ1v) is 8.11. The normalized spacial score (nSPS) is 32.7. The van der Waals surface area contributed by atoms with Crippen LogP contribution in [0.5, 0.6) is 0 Å². The minimum absolute atomic E-state index is 0.0310. The Morgan fingerprint density at radius 1 is 1.38 bits per heavy atom. The highest BCUT2D eigenvalue weighted by atomic mass is 16.4. The van der Waals surface area contributed by atoms with Crippen LogP contribution in [0.25, 0.3) is 0 Å². The molecule has 5 nitrogen and oxygen atoms in total. The molecular formula is C16H28N2O3. The molecule has 2 fully saturated rings. The van der Waals surface area contributed by atoms with Gasteiger partial charge in [-0.2, -0.15) is 0 Å². The van der Waals surface area contributed by atoms with Crippen LogP contribution >= 0.6 is 0 Å². The number of urea groups is 1. The number of nitrogens with zero attached hydrogens (tertiary/aromatic N) is 1. The highest BCUT2D eigenvalue weighted by Gasteiger charge is 2.48. The van der Waals surface area contributed by atoms with Gasteiger partial charge in [-0.05, 0) is 37.0 Å². The predicted octanol–water partition coefficient (Wildman–Crippen LogP) is 2.56. The minimum Gasteiger partial charge on any atom is -0.481 e. The van der Waals surface area contributed by atoms with E-state index in [-0.39, 0.29) is 11.9 Å². The van der Waals surface area contributed by atoms with Gasteiger partial charge in [0.15, 0.2) is 0 Å². The molecule has 1 aliphatic heterocycles. The van der Waals surface area contributed by atoms with E-state index in [9.17, 15) is 14.7 Å². The van der Waals surface area contributed by atoms with Gasteiger partial charge in [-0.3, -0.25) is 4.79 Å². The molecule has 1 aliphatic carbocycles. The molecule has 0 aromatic heterocycles. The number of hydrogen-bond donors (Lipinski definition) is 2. The molecule has 2 rings (SSSR count). The van der Waals surface area contributed by atoms with E-state index in [0.717, 1.165) is 12.5 Å². The number of rotatable bonds is 4. The Bertz CT molecular complexity index is 410. The van der Waals surface area contributed by atoms with Crippen LogP contribution in [-0.4, -0.2) is 41.6 Å². The molecule has 2 amide bonds. The second-order valence-electron chi connectivity index (χ2n) is 7.26. The summed E-state index contributed by atoms with van der Waals surface area (Å²) in [5, 5.41) is 12.5. The largest absolute Gasteiger partial charge is 0.481 e. The van der Waals surface area contributed by atoms with Crippen LogP contribution in [0.3, 0.4) is 0 Å². The molecule has 0 aromatic carbocycles. The summed E-state index contributed by atoms with van der Waals surface area (Å²) in [5.74, 6) is 0.598. The molecule has 1 saturated heterocycles. The molecule has 0 bridgehead atoms. The number of aliphatic carboxylic acids is 1. The molecule has 1 saturated carbocycles. The summed E-state index contributed by atoms with van der Waals surface area (Å²) in [6.07, 6.45) is 4.17. The number of nitrogens with one attached hydrogen (secondary N) is 1. The second-order valence-corrected chi connectivity index (χ2v) is 7.26. The number of carbonyl (C=O) groups is 2. The van der Waals surface area contributed by atoms with Gasteiger partial charge in [0.25, 0.3) is 0 Å². The average molecular weight is 296 g/mol. The van der Waals surface area contributed by atoms with E-state index in [0.29, 0.717) is 25.4 Å². The number of hydrogen-bond acceptors (Lipinski definition) is 2. The summed E-state index contributed by atoms with van der Waals surface area (Å²) in [7, 11) is 0. The molecule has 21 heavy (non-hydrogen) atoms. The van der Waals surface area contributed by atoms with Crippen LogP contribution in [0.4, 0.5) is 4.79 Å². The summed E-state index contributed by atoms with van der Waals surface area (Å²) < 4.78 is 0. The molecule has 120 valence electrons. The standard InChI is InChI=1S/C16H28N2O3/c1-11(2)16(14(19)20)6-7-18(10-16)15(21)17-9-13-5-4-12(3)8-13/h11-13H,4-10H2,1-3H3,(H,17,21)(H,19,20). The van der Waals surface area contributed by atoms with Crippen LogP contribution in [-0.2, 0) is 4.79 Å². The van der Waals surface area contributed by atoms with Crippen molar-refractivity contribution in [1.82, 2.24) is 10.2 Å². The predicted molar refractivity (Wildman–Crippen MR) is 81.0 cm³/mol. The summed E-state index contributed by atoms with van der Waals surface area (Å²) in [5.41, 5.74) is -0.779. The number of likely N-dealkylation sites (tertiary alicyclic amines) is 1. The van der Waals surface area contributed by atoms with Gasteiger partial charge >= 0.3 is 12.0 Å². The van der Waals surface area contributed by atoms with Crippen LogP contribution in [0.1, 0.15) is 46.5 Å². The molecule has 2 N–H and O–H groups in total. The molecule has 0 spiro atoms. The Morgan fingerprint density at radius 2 is 2.10 bits per heavy atom. The molecular weight excluding hydrogens is 268 g/mol. The zero-order valence-corrected chi connectivity index (χ0v) is 13.4. The first-order valence-electron chi connectivity index (χ1n) is 8.11. The number of carbonyl (C=O) groups excluding carboxylic acids is 1. The molecule has 5 heteroatoms. The molecule has 0 aromatic rings. The zero-order chi connectivity index (χ0) is 15.6. The number of carboxylic acid groups (broad SMARTS) is 1. The van der Waals surface area contributed by atoms with Crippen LogP contribution in [0.15, 0.2) is 0 Å². The summed E-state index contributed by atoms with van der Waals surface area (Å²) in [4.78, 5) is 25.5. The van der Waals surface area contributed by atoms with Crippen LogP contribution in [0, 0.1) is 23.2 Å². The molecule has 1 heterocycles. The SMILES string of the molecule is CC1CCC(CNC(=O)N2CCC(C(=O)O)(C(C)C)C2)C1. The summed E-state index contributed by atoms with van der Waals surface area (Å²) >= 11 is 0. The first-order chi connectivity index (χ1) is 9.85. The van der Waals surface area contributed by atoms with Crippen molar-refractivity contribution in [3.63, 3.8) is 0 Å². The van der Waals surface area contributed by atoms with E-state index in [2.05, 4.69) is 12.2 Å². The van der Waals surface area contributed by atoms with Crippen molar-refractivity contribution in [3.8, 4) is 0 Å². The van der Waals surface area contributed by atoms with Gasteiger partial charge in [0, 0.05) is 19.6 Å². The van der Waals surface area contributed by atoms with Crippen molar-refractivity contribution < 1.29 is 14.7 Å².